The van der Waals surface area contributed by atoms with Gasteiger partial charge in [-0.3, -0.25) is 0 Å². The van der Waals surface area contributed by atoms with Gasteiger partial charge >= 0.3 is 0 Å². The van der Waals surface area contributed by atoms with Gasteiger partial charge in [0.05, 0.1) is 18.3 Å². The zero-order chi connectivity index (χ0) is 10.8. The van der Waals surface area contributed by atoms with Crippen LogP contribution < -0.4 is 9.64 Å². The molecule has 1 aliphatic heterocycles. The summed E-state index contributed by atoms with van der Waals surface area (Å²) in [6.07, 6.45) is -0.371. The lowest BCUT2D eigenvalue weighted by Gasteiger charge is -2.32. The number of hydrogen-bond acceptors (Lipinski definition) is 4. The third-order valence-corrected chi connectivity index (χ3v) is 2.39. The van der Waals surface area contributed by atoms with Crippen molar-refractivity contribution in [2.75, 3.05) is 24.6 Å². The summed E-state index contributed by atoms with van der Waals surface area (Å²) in [7, 11) is 0. The van der Waals surface area contributed by atoms with E-state index in [0.29, 0.717) is 18.9 Å². The standard InChI is InChI=1S/C11H15NO3/c1-8(13)7-12-4-5-15-11-6-9(14)2-3-10(11)12/h2-3,6,8,13-14H,4-5,7H2,1H3. The molecule has 0 spiro atoms. The number of aliphatic hydroxyl groups excluding tert-OH is 1. The molecule has 0 aliphatic carbocycles. The van der Waals surface area contributed by atoms with E-state index in [-0.39, 0.29) is 11.9 Å². The summed E-state index contributed by atoms with van der Waals surface area (Å²) < 4.78 is 5.43. The molecule has 2 N–H and O–H groups in total. The number of aromatic hydroxyl groups is 1. The van der Waals surface area contributed by atoms with Crippen LogP contribution in [-0.2, 0) is 0 Å². The summed E-state index contributed by atoms with van der Waals surface area (Å²) >= 11 is 0. The molecule has 4 heteroatoms. The van der Waals surface area contributed by atoms with Crippen LogP contribution >= 0.6 is 0 Å². The highest BCUT2D eigenvalue weighted by atomic mass is 16.5. The molecule has 1 aromatic carbocycles. The van der Waals surface area contributed by atoms with E-state index in [0.717, 1.165) is 12.2 Å². The van der Waals surface area contributed by atoms with E-state index < -0.39 is 0 Å². The second-order valence-corrected chi connectivity index (χ2v) is 3.80. The van der Waals surface area contributed by atoms with E-state index in [1.807, 2.05) is 6.07 Å². The van der Waals surface area contributed by atoms with E-state index >= 15 is 0 Å². The zero-order valence-corrected chi connectivity index (χ0v) is 8.68. The average molecular weight is 209 g/mol. The van der Waals surface area contributed by atoms with Crippen molar-refractivity contribution in [2.24, 2.45) is 0 Å². The lowest BCUT2D eigenvalue weighted by Crippen LogP contribution is -2.37. The summed E-state index contributed by atoms with van der Waals surface area (Å²) in [5.41, 5.74) is 0.931. The second-order valence-electron chi connectivity index (χ2n) is 3.80. The predicted molar refractivity (Wildman–Crippen MR) is 57.5 cm³/mol. The normalized spacial score (nSPS) is 16.8. The Morgan fingerprint density at radius 3 is 3.07 bits per heavy atom. The lowest BCUT2D eigenvalue weighted by atomic mass is 10.2. The van der Waals surface area contributed by atoms with Crippen LogP contribution in [-0.4, -0.2) is 36.0 Å². The van der Waals surface area contributed by atoms with Gasteiger partial charge in [-0.05, 0) is 19.1 Å². The summed E-state index contributed by atoms with van der Waals surface area (Å²) in [6.45, 7) is 3.70. The van der Waals surface area contributed by atoms with Gasteiger partial charge in [-0.1, -0.05) is 0 Å². The molecule has 82 valence electrons. The van der Waals surface area contributed by atoms with Gasteiger partial charge in [0.15, 0.2) is 0 Å². The molecule has 0 saturated carbocycles. The Labute approximate surface area is 88.7 Å². The van der Waals surface area contributed by atoms with Crippen LogP contribution in [0.4, 0.5) is 5.69 Å². The number of phenols is 1. The number of phenolic OH excluding ortho intramolecular Hbond substituents is 1. The van der Waals surface area contributed by atoms with Crippen molar-refractivity contribution >= 4 is 5.69 Å². The largest absolute Gasteiger partial charge is 0.508 e. The summed E-state index contributed by atoms with van der Waals surface area (Å²) in [6, 6.07) is 5.04. The van der Waals surface area contributed by atoms with Gasteiger partial charge in [-0.25, -0.2) is 0 Å². The Hall–Kier alpha value is -1.42. The van der Waals surface area contributed by atoms with Gasteiger partial charge in [-0.2, -0.15) is 0 Å². The first-order chi connectivity index (χ1) is 7.16. The monoisotopic (exact) mass is 209 g/mol. The first-order valence-corrected chi connectivity index (χ1v) is 5.05. The highest BCUT2D eigenvalue weighted by molar-refractivity contribution is 5.62. The van der Waals surface area contributed by atoms with Gasteiger partial charge in [0.2, 0.25) is 0 Å². The van der Waals surface area contributed by atoms with E-state index in [2.05, 4.69) is 4.90 Å². The molecule has 4 nitrogen and oxygen atoms in total. The van der Waals surface area contributed by atoms with E-state index in [9.17, 15) is 10.2 Å². The molecule has 0 radical (unpaired) electrons. The van der Waals surface area contributed by atoms with Crippen LogP contribution in [0.1, 0.15) is 6.92 Å². The Balaban J connectivity index is 2.26. The van der Waals surface area contributed by atoms with Gasteiger partial charge in [0, 0.05) is 12.6 Å². The number of benzene rings is 1. The number of β-amino-alcohol motifs (C(OH)–C–C–N with tert-alkyl or cyclic N) is 1. The van der Waals surface area contributed by atoms with Crippen molar-refractivity contribution in [3.63, 3.8) is 0 Å². The molecule has 0 fully saturated rings. The van der Waals surface area contributed by atoms with Crippen molar-refractivity contribution in [3.05, 3.63) is 18.2 Å². The first kappa shape index (κ1) is 10.1. The van der Waals surface area contributed by atoms with Crippen molar-refractivity contribution < 1.29 is 14.9 Å². The maximum absolute atomic E-state index is 9.35. The summed E-state index contributed by atoms with van der Waals surface area (Å²) in [4.78, 5) is 2.06. The van der Waals surface area contributed by atoms with Crippen LogP contribution in [0.25, 0.3) is 0 Å². The minimum Gasteiger partial charge on any atom is -0.508 e. The molecule has 1 atom stereocenters. The molecule has 1 heterocycles. The third-order valence-electron chi connectivity index (χ3n) is 2.39. The number of nitrogens with zero attached hydrogens (tertiary/aromatic N) is 1. The number of ether oxygens (including phenoxy) is 1. The van der Waals surface area contributed by atoms with E-state index in [1.165, 1.54) is 0 Å². The highest BCUT2D eigenvalue weighted by Crippen LogP contribution is 2.34. The topological polar surface area (TPSA) is 52.9 Å². The van der Waals surface area contributed by atoms with Crippen LogP contribution in [0.15, 0.2) is 18.2 Å². The molecule has 1 unspecified atom stereocenters. The number of anilines is 1. The Bertz CT molecular complexity index is 352. The lowest BCUT2D eigenvalue weighted by molar-refractivity contribution is 0.194. The molecule has 0 bridgehead atoms. The molecule has 15 heavy (non-hydrogen) atoms. The smallest absolute Gasteiger partial charge is 0.146 e. The number of aliphatic hydroxyl groups is 1. The second kappa shape index (κ2) is 3.98. The SMILES string of the molecule is CC(O)CN1CCOc2cc(O)ccc21. The van der Waals surface area contributed by atoms with Crippen molar-refractivity contribution in [3.8, 4) is 11.5 Å². The fourth-order valence-corrected chi connectivity index (χ4v) is 1.77. The van der Waals surface area contributed by atoms with E-state index in [4.69, 9.17) is 4.74 Å². The van der Waals surface area contributed by atoms with Crippen molar-refractivity contribution in [2.45, 2.75) is 13.0 Å². The van der Waals surface area contributed by atoms with Crippen LogP contribution in [0.2, 0.25) is 0 Å². The summed E-state index contributed by atoms with van der Waals surface area (Å²) in [5.74, 6) is 0.884. The highest BCUT2D eigenvalue weighted by Gasteiger charge is 2.19. The fraction of sp³-hybridized carbons (Fsp3) is 0.455. The Morgan fingerprint density at radius 1 is 1.53 bits per heavy atom. The van der Waals surface area contributed by atoms with Crippen LogP contribution in [0.3, 0.4) is 0 Å². The molecule has 0 saturated heterocycles. The van der Waals surface area contributed by atoms with E-state index in [1.54, 1.807) is 19.1 Å². The van der Waals surface area contributed by atoms with Gasteiger partial charge in [-0.15, -0.1) is 0 Å². The van der Waals surface area contributed by atoms with Crippen molar-refractivity contribution in [1.29, 1.82) is 0 Å². The predicted octanol–water partition coefficient (Wildman–Crippen LogP) is 0.972. The molecular weight excluding hydrogens is 194 g/mol. The van der Waals surface area contributed by atoms with Gasteiger partial charge in [0.1, 0.15) is 18.1 Å². The first-order valence-electron chi connectivity index (χ1n) is 5.05. The van der Waals surface area contributed by atoms with Crippen molar-refractivity contribution in [1.82, 2.24) is 0 Å². The molecule has 1 aromatic rings. The molecular formula is C11H15NO3. The number of rotatable bonds is 2. The summed E-state index contributed by atoms with van der Waals surface area (Å²) in [5, 5.41) is 18.7. The van der Waals surface area contributed by atoms with Crippen LogP contribution in [0, 0.1) is 0 Å². The maximum atomic E-state index is 9.35. The minimum atomic E-state index is -0.371. The number of fused-ring (bicyclic) bond motifs is 1. The fourth-order valence-electron chi connectivity index (χ4n) is 1.77. The third kappa shape index (κ3) is 2.15. The molecule has 0 aromatic heterocycles. The maximum Gasteiger partial charge on any atom is 0.146 e. The zero-order valence-electron chi connectivity index (χ0n) is 8.68. The Morgan fingerprint density at radius 2 is 2.33 bits per heavy atom. The molecule has 0 amide bonds. The minimum absolute atomic E-state index is 0.202. The van der Waals surface area contributed by atoms with Gasteiger partial charge in [0.25, 0.3) is 0 Å². The molecule has 1 aliphatic rings. The van der Waals surface area contributed by atoms with Gasteiger partial charge < -0.3 is 19.8 Å². The van der Waals surface area contributed by atoms with Crippen LogP contribution in [0.5, 0.6) is 11.5 Å². The quantitative estimate of drug-likeness (QED) is 0.762. The number of hydrogen-bond donors (Lipinski definition) is 2. The molecule has 2 rings (SSSR count). The Kier molecular flexibility index (Phi) is 2.68. The average Bonchev–Trinajstić information content (AvgIpc) is 2.16.